The molecular weight excluding hydrogens is 426 g/mol. The van der Waals surface area contributed by atoms with Gasteiger partial charge in [-0.2, -0.15) is 5.10 Å². The van der Waals surface area contributed by atoms with E-state index in [1.807, 2.05) is 64.8 Å². The Morgan fingerprint density at radius 3 is 2.72 bits per heavy atom. The number of rotatable bonds is 5. The van der Waals surface area contributed by atoms with E-state index in [4.69, 9.17) is 21.4 Å². The first kappa shape index (κ1) is 20.5. The van der Waals surface area contributed by atoms with E-state index in [-0.39, 0.29) is 11.8 Å². The predicted molar refractivity (Wildman–Crippen MR) is 121 cm³/mol. The van der Waals surface area contributed by atoms with Crippen LogP contribution in [0.3, 0.4) is 0 Å². The van der Waals surface area contributed by atoms with E-state index in [0.29, 0.717) is 35.9 Å². The van der Waals surface area contributed by atoms with Gasteiger partial charge >= 0.3 is 0 Å². The summed E-state index contributed by atoms with van der Waals surface area (Å²) in [6, 6.07) is 13.4. The number of carbonyl (C=O) groups is 1. The van der Waals surface area contributed by atoms with Crippen LogP contribution in [-0.2, 0) is 17.6 Å². The van der Waals surface area contributed by atoms with Crippen LogP contribution in [0.2, 0.25) is 5.02 Å². The molecule has 7 nitrogen and oxygen atoms in total. The fourth-order valence-corrected chi connectivity index (χ4v) is 4.25. The van der Waals surface area contributed by atoms with Gasteiger partial charge in [0.2, 0.25) is 0 Å². The van der Waals surface area contributed by atoms with Gasteiger partial charge in [-0.3, -0.25) is 4.79 Å². The highest BCUT2D eigenvalue weighted by Gasteiger charge is 2.29. The second-order valence-corrected chi connectivity index (χ2v) is 8.42. The molecule has 0 bridgehead atoms. The van der Waals surface area contributed by atoms with Gasteiger partial charge < -0.3 is 9.30 Å². The maximum absolute atomic E-state index is 12.4. The number of carbonyl (C=O) groups excluding carboxylic acids is 1. The van der Waals surface area contributed by atoms with Gasteiger partial charge in [-0.15, -0.1) is 0 Å². The van der Waals surface area contributed by atoms with Gasteiger partial charge in [0, 0.05) is 24.1 Å². The minimum Gasteiger partial charge on any atom is -0.495 e. The van der Waals surface area contributed by atoms with E-state index in [2.05, 4.69) is 9.97 Å². The van der Waals surface area contributed by atoms with Crippen molar-refractivity contribution >= 4 is 17.4 Å². The highest BCUT2D eigenvalue weighted by Crippen LogP contribution is 2.30. The van der Waals surface area contributed by atoms with Crippen LogP contribution in [0.15, 0.2) is 55.0 Å². The van der Waals surface area contributed by atoms with E-state index in [0.717, 1.165) is 28.3 Å². The zero-order valence-corrected chi connectivity index (χ0v) is 18.6. The van der Waals surface area contributed by atoms with Crippen molar-refractivity contribution in [3.63, 3.8) is 0 Å². The molecule has 0 aliphatic carbocycles. The topological polar surface area (TPSA) is 74.8 Å². The van der Waals surface area contributed by atoms with Crippen LogP contribution in [0, 0.1) is 6.92 Å². The van der Waals surface area contributed by atoms with Gasteiger partial charge in [0.25, 0.3) is 0 Å². The normalized spacial score (nSPS) is 15.6. The molecule has 1 atom stereocenters. The van der Waals surface area contributed by atoms with E-state index >= 15 is 0 Å². The van der Waals surface area contributed by atoms with Gasteiger partial charge in [-0.1, -0.05) is 29.8 Å². The monoisotopic (exact) mass is 447 g/mol. The standard InChI is InChI=1S/C24H22ClN5O2/c1-15-13-29(14-26-15)20-8-3-16(9-22(20)32-2)10-23-27-24-12-19(31)11-21(30(24)28-23)17-4-6-18(25)7-5-17/h3-9,13-14,21H,10-12H2,1-2H3. The van der Waals surface area contributed by atoms with Crippen molar-refractivity contribution < 1.29 is 9.53 Å². The second kappa shape index (κ2) is 8.24. The van der Waals surface area contributed by atoms with Crippen molar-refractivity contribution in [2.75, 3.05) is 7.11 Å². The van der Waals surface area contributed by atoms with Crippen LogP contribution >= 0.6 is 11.6 Å². The molecule has 3 heterocycles. The molecule has 8 heteroatoms. The van der Waals surface area contributed by atoms with Crippen molar-refractivity contribution in [1.82, 2.24) is 24.3 Å². The smallest absolute Gasteiger partial charge is 0.155 e. The molecule has 5 rings (SSSR count). The quantitative estimate of drug-likeness (QED) is 0.460. The summed E-state index contributed by atoms with van der Waals surface area (Å²) in [6.45, 7) is 1.95. The third-order valence-corrected chi connectivity index (χ3v) is 5.92. The van der Waals surface area contributed by atoms with Crippen LogP contribution in [0.5, 0.6) is 5.75 Å². The summed E-state index contributed by atoms with van der Waals surface area (Å²) in [4.78, 5) is 21.3. The Labute approximate surface area is 190 Å². The van der Waals surface area contributed by atoms with Crippen LogP contribution in [0.4, 0.5) is 0 Å². The number of Topliss-reactive ketones (excluding diaryl/α,β-unsaturated/α-hetero) is 1. The number of benzene rings is 2. The van der Waals surface area contributed by atoms with E-state index in [9.17, 15) is 4.79 Å². The molecule has 1 unspecified atom stereocenters. The number of imidazole rings is 1. The van der Waals surface area contributed by atoms with Gasteiger partial charge in [-0.25, -0.2) is 14.6 Å². The summed E-state index contributed by atoms with van der Waals surface area (Å²) >= 11 is 6.03. The predicted octanol–water partition coefficient (Wildman–Crippen LogP) is 4.13. The van der Waals surface area contributed by atoms with Gasteiger partial charge in [0.1, 0.15) is 17.4 Å². The number of aromatic nitrogens is 5. The van der Waals surface area contributed by atoms with E-state index < -0.39 is 0 Å². The zero-order chi connectivity index (χ0) is 22.2. The van der Waals surface area contributed by atoms with Crippen LogP contribution in [0.1, 0.15) is 40.9 Å². The number of halogens is 1. The lowest BCUT2D eigenvalue weighted by Gasteiger charge is -2.23. The summed E-state index contributed by atoms with van der Waals surface area (Å²) in [5, 5.41) is 5.43. The lowest BCUT2D eigenvalue weighted by molar-refractivity contribution is -0.120. The summed E-state index contributed by atoms with van der Waals surface area (Å²) in [7, 11) is 1.66. The van der Waals surface area contributed by atoms with Crippen LogP contribution in [-0.4, -0.2) is 37.2 Å². The second-order valence-electron chi connectivity index (χ2n) is 7.98. The van der Waals surface area contributed by atoms with Crippen molar-refractivity contribution in [2.45, 2.75) is 32.2 Å². The maximum Gasteiger partial charge on any atom is 0.155 e. The average molecular weight is 448 g/mol. The Hall–Kier alpha value is -3.45. The lowest BCUT2D eigenvalue weighted by Crippen LogP contribution is -2.26. The molecule has 2 aromatic heterocycles. The number of ketones is 1. The third kappa shape index (κ3) is 3.91. The highest BCUT2D eigenvalue weighted by molar-refractivity contribution is 6.30. The van der Waals surface area contributed by atoms with Gasteiger partial charge in [0.05, 0.1) is 37.3 Å². The molecule has 1 aliphatic rings. The fourth-order valence-electron chi connectivity index (χ4n) is 4.13. The van der Waals surface area contributed by atoms with Crippen LogP contribution < -0.4 is 4.74 Å². The molecule has 0 fully saturated rings. The third-order valence-electron chi connectivity index (χ3n) is 5.67. The van der Waals surface area contributed by atoms with E-state index in [1.54, 1.807) is 13.4 Å². The number of hydrogen-bond acceptors (Lipinski definition) is 5. The number of methoxy groups -OCH3 is 1. The first-order chi connectivity index (χ1) is 15.5. The molecule has 32 heavy (non-hydrogen) atoms. The average Bonchev–Trinajstić information content (AvgIpc) is 3.39. The summed E-state index contributed by atoms with van der Waals surface area (Å²) in [5.41, 5.74) is 3.89. The zero-order valence-electron chi connectivity index (χ0n) is 17.8. The SMILES string of the molecule is COc1cc(Cc2nc3n(n2)C(c2ccc(Cl)cc2)CC(=O)C3)ccc1-n1cnc(C)c1. The fraction of sp³-hybridized carbons (Fsp3) is 0.250. The summed E-state index contributed by atoms with van der Waals surface area (Å²) in [6.07, 6.45) is 4.98. The molecule has 0 spiro atoms. The number of hydrogen-bond donors (Lipinski definition) is 0. The Morgan fingerprint density at radius 2 is 2.00 bits per heavy atom. The molecular formula is C24H22ClN5O2. The Morgan fingerprint density at radius 1 is 1.19 bits per heavy atom. The molecule has 1 aliphatic heterocycles. The molecule has 0 saturated carbocycles. The molecule has 0 radical (unpaired) electrons. The lowest BCUT2D eigenvalue weighted by atomic mass is 9.97. The number of fused-ring (bicyclic) bond motifs is 1. The van der Waals surface area contributed by atoms with Gasteiger partial charge in [-0.05, 0) is 42.3 Å². The molecule has 0 amide bonds. The minimum absolute atomic E-state index is 0.161. The number of nitrogens with zero attached hydrogens (tertiary/aromatic N) is 5. The number of ether oxygens (including phenoxy) is 1. The molecule has 0 N–H and O–H groups in total. The van der Waals surface area contributed by atoms with E-state index in [1.165, 1.54) is 0 Å². The molecule has 162 valence electrons. The Bertz CT molecular complexity index is 1290. The summed E-state index contributed by atoms with van der Waals surface area (Å²) in [5.74, 6) is 2.30. The van der Waals surface area contributed by atoms with Gasteiger partial charge in [0.15, 0.2) is 5.82 Å². The number of aryl methyl sites for hydroxylation is 1. The first-order valence-electron chi connectivity index (χ1n) is 10.4. The Kier molecular flexibility index (Phi) is 5.27. The largest absolute Gasteiger partial charge is 0.495 e. The van der Waals surface area contributed by atoms with Crippen molar-refractivity contribution in [3.8, 4) is 11.4 Å². The summed E-state index contributed by atoms with van der Waals surface area (Å²) < 4.78 is 9.44. The van der Waals surface area contributed by atoms with Crippen LogP contribution in [0.25, 0.3) is 5.69 Å². The maximum atomic E-state index is 12.4. The molecule has 4 aromatic rings. The Balaban J connectivity index is 1.44. The van der Waals surface area contributed by atoms with Crippen molar-refractivity contribution in [1.29, 1.82) is 0 Å². The molecule has 2 aromatic carbocycles. The first-order valence-corrected chi connectivity index (χ1v) is 10.8. The molecule has 0 saturated heterocycles. The minimum atomic E-state index is -0.161. The van der Waals surface area contributed by atoms with Crippen molar-refractivity contribution in [3.05, 3.63) is 88.5 Å². The van der Waals surface area contributed by atoms with Crippen molar-refractivity contribution in [2.24, 2.45) is 0 Å². The highest BCUT2D eigenvalue weighted by atomic mass is 35.5.